The van der Waals surface area contributed by atoms with Gasteiger partial charge in [0.25, 0.3) is 11.8 Å². The van der Waals surface area contributed by atoms with Gasteiger partial charge in [-0.05, 0) is 47.0 Å². The number of alkyl halides is 2. The van der Waals surface area contributed by atoms with Crippen molar-refractivity contribution in [2.24, 2.45) is 17.8 Å². The molecule has 3 heterocycles. The number of imide groups is 2. The first-order valence-electron chi connectivity index (χ1n) is 15.3. The lowest BCUT2D eigenvalue weighted by molar-refractivity contribution is -0.141. The van der Waals surface area contributed by atoms with Crippen LogP contribution in [0.1, 0.15) is 29.2 Å². The van der Waals surface area contributed by atoms with Crippen molar-refractivity contribution in [2.45, 2.75) is 35.1 Å². The maximum absolute atomic E-state index is 15.3. The second-order valence-electron chi connectivity index (χ2n) is 12.8. The molecule has 8 rings (SSSR count). The molecule has 0 spiro atoms. The van der Waals surface area contributed by atoms with E-state index in [-0.39, 0.29) is 29.0 Å². The number of thiophene rings is 1. The molecular weight excluding hydrogens is 726 g/mol. The van der Waals surface area contributed by atoms with Gasteiger partial charge in [-0.3, -0.25) is 24.1 Å². The number of likely N-dealkylation sites (tertiary alicyclic amines) is 1. The van der Waals surface area contributed by atoms with Crippen LogP contribution < -0.4 is 4.90 Å². The van der Waals surface area contributed by atoms with Crippen molar-refractivity contribution in [1.29, 1.82) is 0 Å². The van der Waals surface area contributed by atoms with Gasteiger partial charge in [0, 0.05) is 16.4 Å². The molecule has 1 N–H and O–H groups in total. The SMILES string of the molecule is O=C1[C@H]2[C@H](CC=C3[C@H]2C[C@@]2(Cl)C(=O)N(c4c(F)c(F)c(F)c(F)c4F)C(=O)[C@@]2(Cl)[C@H]3c2c(O)ccc3ccccc23)C(=O)N1Cc1cccs1. The van der Waals surface area contributed by atoms with E-state index in [1.165, 1.54) is 17.4 Å². The van der Waals surface area contributed by atoms with Gasteiger partial charge >= 0.3 is 0 Å². The minimum Gasteiger partial charge on any atom is -0.508 e. The Morgan fingerprint density at radius 1 is 0.820 bits per heavy atom. The number of nitrogens with zero attached hydrogens (tertiary/aromatic N) is 2. The number of aromatic hydroxyl groups is 1. The van der Waals surface area contributed by atoms with Crippen LogP contribution in [0.3, 0.4) is 0 Å². The molecule has 4 amide bonds. The van der Waals surface area contributed by atoms with Crippen molar-refractivity contribution >= 4 is 74.6 Å². The number of allylic oxidation sites excluding steroid dienone is 2. The molecule has 3 aromatic carbocycles. The van der Waals surface area contributed by atoms with Crippen molar-refractivity contribution < 1.29 is 46.2 Å². The maximum Gasteiger partial charge on any atom is 0.258 e. The molecule has 1 saturated carbocycles. The third-order valence-electron chi connectivity index (χ3n) is 10.4. The van der Waals surface area contributed by atoms with Crippen LogP contribution in [0.15, 0.2) is 65.6 Å². The second kappa shape index (κ2) is 11.1. The van der Waals surface area contributed by atoms with Crippen molar-refractivity contribution in [3.05, 3.63) is 105 Å². The highest BCUT2D eigenvalue weighted by molar-refractivity contribution is 7.09. The van der Waals surface area contributed by atoms with E-state index in [4.69, 9.17) is 23.2 Å². The zero-order chi connectivity index (χ0) is 35.6. The van der Waals surface area contributed by atoms with E-state index in [2.05, 4.69) is 0 Å². The van der Waals surface area contributed by atoms with Crippen LogP contribution in [0, 0.1) is 46.8 Å². The number of anilines is 1. The molecule has 2 saturated heterocycles. The molecule has 256 valence electrons. The number of hydrogen-bond acceptors (Lipinski definition) is 6. The predicted molar refractivity (Wildman–Crippen MR) is 172 cm³/mol. The van der Waals surface area contributed by atoms with Gasteiger partial charge in [0.1, 0.15) is 11.4 Å². The van der Waals surface area contributed by atoms with Crippen molar-refractivity contribution in [2.75, 3.05) is 4.90 Å². The van der Waals surface area contributed by atoms with Crippen molar-refractivity contribution in [1.82, 2.24) is 4.90 Å². The Balaban J connectivity index is 1.36. The van der Waals surface area contributed by atoms with Crippen molar-refractivity contribution in [3.8, 4) is 5.75 Å². The molecule has 0 bridgehead atoms. The van der Waals surface area contributed by atoms with E-state index in [0.29, 0.717) is 10.8 Å². The molecule has 50 heavy (non-hydrogen) atoms. The van der Waals surface area contributed by atoms with Gasteiger partial charge in [-0.1, -0.05) is 48.0 Å². The number of carbonyl (C=O) groups is 4. The first kappa shape index (κ1) is 32.9. The molecular formula is C35H21Cl2F5N2O5S. The van der Waals surface area contributed by atoms with Crippen LogP contribution in [0.4, 0.5) is 27.6 Å². The summed E-state index contributed by atoms with van der Waals surface area (Å²) in [7, 11) is 0. The average molecular weight is 748 g/mol. The van der Waals surface area contributed by atoms with Crippen LogP contribution in [-0.2, 0) is 25.7 Å². The van der Waals surface area contributed by atoms with Gasteiger partial charge in [-0.25, -0.2) is 26.9 Å². The van der Waals surface area contributed by atoms with Gasteiger partial charge in [-0.15, -0.1) is 34.5 Å². The fourth-order valence-corrected chi connectivity index (χ4v) is 9.86. The van der Waals surface area contributed by atoms with Crippen LogP contribution in [0.25, 0.3) is 10.8 Å². The summed E-state index contributed by atoms with van der Waals surface area (Å²) in [6.45, 7) is -0.0190. The third kappa shape index (κ3) is 4.08. The summed E-state index contributed by atoms with van der Waals surface area (Å²) in [6, 6.07) is 13.0. The van der Waals surface area contributed by atoms with Gasteiger partial charge in [0.15, 0.2) is 33.0 Å². The Hall–Kier alpha value is -4.33. The number of benzene rings is 3. The number of halogens is 7. The van der Waals surface area contributed by atoms with E-state index in [1.54, 1.807) is 53.9 Å². The molecule has 0 unspecified atom stereocenters. The summed E-state index contributed by atoms with van der Waals surface area (Å²) in [6.07, 6.45) is 0.960. The Bertz CT molecular complexity index is 2220. The fourth-order valence-electron chi connectivity index (χ4n) is 8.25. The fraction of sp³-hybridized carbons (Fsp3) is 0.257. The number of fused-ring (bicyclic) bond motifs is 5. The zero-order valence-electron chi connectivity index (χ0n) is 25.2. The quantitative estimate of drug-likeness (QED) is 0.0603. The highest BCUT2D eigenvalue weighted by atomic mass is 35.5. The van der Waals surface area contributed by atoms with E-state index in [9.17, 15) is 37.5 Å². The zero-order valence-corrected chi connectivity index (χ0v) is 27.6. The van der Waals surface area contributed by atoms with Gasteiger partial charge < -0.3 is 5.11 Å². The molecule has 2 aliphatic carbocycles. The minimum absolute atomic E-state index is 0.00418. The van der Waals surface area contributed by atoms with Gasteiger partial charge in [0.2, 0.25) is 17.6 Å². The number of phenols is 1. The smallest absolute Gasteiger partial charge is 0.258 e. The molecule has 15 heteroatoms. The lowest BCUT2D eigenvalue weighted by Crippen LogP contribution is -2.60. The predicted octanol–water partition coefficient (Wildman–Crippen LogP) is 7.07. The Morgan fingerprint density at radius 3 is 2.18 bits per heavy atom. The molecule has 3 fully saturated rings. The molecule has 4 aliphatic rings. The van der Waals surface area contributed by atoms with E-state index in [1.807, 2.05) is 0 Å². The minimum atomic E-state index is -2.75. The number of amides is 4. The highest BCUT2D eigenvalue weighted by Crippen LogP contribution is 2.67. The summed E-state index contributed by atoms with van der Waals surface area (Å²) < 4.78 is 73.6. The van der Waals surface area contributed by atoms with E-state index < -0.39 is 104 Å². The molecule has 0 radical (unpaired) electrons. The van der Waals surface area contributed by atoms with Crippen LogP contribution in [0.5, 0.6) is 5.75 Å². The van der Waals surface area contributed by atoms with Crippen LogP contribution >= 0.6 is 34.5 Å². The average Bonchev–Trinajstić information content (AvgIpc) is 3.75. The largest absolute Gasteiger partial charge is 0.508 e. The number of hydrogen-bond donors (Lipinski definition) is 1. The van der Waals surface area contributed by atoms with E-state index in [0.717, 1.165) is 9.78 Å². The number of phenolic OH excluding ortho intramolecular Hbond substituents is 1. The summed E-state index contributed by atoms with van der Waals surface area (Å²) in [4.78, 5) is 52.9. The summed E-state index contributed by atoms with van der Waals surface area (Å²) >= 11 is 15.8. The first-order valence-corrected chi connectivity index (χ1v) is 16.9. The number of rotatable bonds is 4. The van der Waals surface area contributed by atoms with Gasteiger partial charge in [0.05, 0.1) is 18.4 Å². The molecule has 7 nitrogen and oxygen atoms in total. The topological polar surface area (TPSA) is 95.0 Å². The Morgan fingerprint density at radius 2 is 1.50 bits per heavy atom. The Kier molecular flexibility index (Phi) is 7.28. The molecule has 4 aromatic rings. The standard InChI is InChI=1S/C35H21Cl2F5N2O5S/c36-34-12-19-17(8-9-18-21(19)31(47)43(30(18)46)13-15-5-3-11-50-15)23(22-16-6-2-1-4-14(16)7-10-20(22)45)35(34,37)33(49)44(32(34)48)29-27(41)25(39)24(38)26(40)28(29)42/h1-8,10-11,18-19,21,23,45H,9,12-13H2/t18-,19+,21-,23+,34+,35-/m0/s1. The molecule has 2 aliphatic heterocycles. The maximum atomic E-state index is 15.3. The third-order valence-corrected chi connectivity index (χ3v) is 12.7. The summed E-state index contributed by atoms with van der Waals surface area (Å²) in [5.41, 5.74) is -1.63. The summed E-state index contributed by atoms with van der Waals surface area (Å²) in [5, 5.41) is 14.1. The molecule has 1 aromatic heterocycles. The second-order valence-corrected chi connectivity index (χ2v) is 15.0. The monoisotopic (exact) mass is 746 g/mol. The van der Waals surface area contributed by atoms with Crippen LogP contribution in [-0.4, -0.2) is 43.4 Å². The number of carbonyl (C=O) groups excluding carboxylic acids is 4. The lowest BCUT2D eigenvalue weighted by atomic mass is 9.56. The summed E-state index contributed by atoms with van der Waals surface area (Å²) in [5.74, 6) is -21.7. The molecule has 6 atom stereocenters. The first-order chi connectivity index (χ1) is 23.7. The van der Waals surface area contributed by atoms with E-state index >= 15 is 8.78 Å². The Labute approximate surface area is 293 Å². The van der Waals surface area contributed by atoms with Gasteiger partial charge in [-0.2, -0.15) is 0 Å². The van der Waals surface area contributed by atoms with Crippen LogP contribution in [0.2, 0.25) is 0 Å². The lowest BCUT2D eigenvalue weighted by Gasteiger charge is -2.51. The van der Waals surface area contributed by atoms with Crippen molar-refractivity contribution in [3.63, 3.8) is 0 Å². The highest BCUT2D eigenvalue weighted by Gasteiger charge is 2.77. The normalized spacial score (nSPS) is 29.1.